The van der Waals surface area contributed by atoms with E-state index in [1.54, 1.807) is 11.3 Å². The lowest BCUT2D eigenvalue weighted by Crippen LogP contribution is -2.41. The SMILES string of the molecule is CN(C)C(CNC(=O)CNC1CCCC1)c1cccs1. The smallest absolute Gasteiger partial charge is 0.234 e. The van der Waals surface area contributed by atoms with Crippen LogP contribution in [0, 0.1) is 0 Å². The predicted octanol–water partition coefficient (Wildman–Crippen LogP) is 2.00. The summed E-state index contributed by atoms with van der Waals surface area (Å²) in [6, 6.07) is 4.98. The van der Waals surface area contributed by atoms with Gasteiger partial charge in [-0.2, -0.15) is 0 Å². The highest BCUT2D eigenvalue weighted by molar-refractivity contribution is 7.10. The number of carbonyl (C=O) groups excluding carboxylic acids is 1. The Morgan fingerprint density at radius 1 is 1.45 bits per heavy atom. The van der Waals surface area contributed by atoms with Crippen molar-refractivity contribution in [1.29, 1.82) is 0 Å². The molecule has 112 valence electrons. The van der Waals surface area contributed by atoms with Gasteiger partial charge in [-0.05, 0) is 38.4 Å². The summed E-state index contributed by atoms with van der Waals surface area (Å²) in [7, 11) is 4.10. The normalized spacial score (nSPS) is 17.6. The average molecular weight is 295 g/mol. The molecule has 1 heterocycles. The van der Waals surface area contributed by atoms with Gasteiger partial charge in [0.05, 0.1) is 12.6 Å². The van der Waals surface area contributed by atoms with Crippen molar-refractivity contribution in [3.8, 4) is 0 Å². The third-order valence-corrected chi connectivity index (χ3v) is 4.87. The molecule has 1 saturated carbocycles. The van der Waals surface area contributed by atoms with Gasteiger partial charge in [0.2, 0.25) is 5.91 Å². The zero-order chi connectivity index (χ0) is 14.4. The fourth-order valence-corrected chi connectivity index (χ4v) is 3.58. The van der Waals surface area contributed by atoms with Crippen LogP contribution in [0.5, 0.6) is 0 Å². The van der Waals surface area contributed by atoms with Crippen molar-refractivity contribution in [2.45, 2.75) is 37.8 Å². The van der Waals surface area contributed by atoms with Crippen LogP contribution in [0.1, 0.15) is 36.6 Å². The Bertz CT molecular complexity index is 399. The molecule has 1 atom stereocenters. The fourth-order valence-electron chi connectivity index (χ4n) is 2.66. The highest BCUT2D eigenvalue weighted by atomic mass is 32.1. The molecule has 0 saturated heterocycles. The Morgan fingerprint density at radius 3 is 2.80 bits per heavy atom. The number of nitrogens with one attached hydrogen (secondary N) is 2. The minimum absolute atomic E-state index is 0.0975. The Balaban J connectivity index is 1.73. The first-order valence-corrected chi connectivity index (χ1v) is 8.24. The minimum Gasteiger partial charge on any atom is -0.353 e. The highest BCUT2D eigenvalue weighted by Crippen LogP contribution is 2.22. The highest BCUT2D eigenvalue weighted by Gasteiger charge is 2.18. The molecule has 2 N–H and O–H groups in total. The monoisotopic (exact) mass is 295 g/mol. The topological polar surface area (TPSA) is 44.4 Å². The van der Waals surface area contributed by atoms with E-state index in [1.165, 1.54) is 30.6 Å². The average Bonchev–Trinajstić information content (AvgIpc) is 3.09. The van der Waals surface area contributed by atoms with E-state index in [9.17, 15) is 4.79 Å². The molecule has 4 nitrogen and oxygen atoms in total. The van der Waals surface area contributed by atoms with Crippen molar-refractivity contribution >= 4 is 17.2 Å². The molecule has 1 aromatic heterocycles. The second kappa shape index (κ2) is 7.76. The molecule has 0 bridgehead atoms. The third kappa shape index (κ3) is 4.58. The molecule has 0 radical (unpaired) electrons. The van der Waals surface area contributed by atoms with Gasteiger partial charge in [-0.3, -0.25) is 4.79 Å². The first kappa shape index (κ1) is 15.5. The summed E-state index contributed by atoms with van der Waals surface area (Å²) in [6.07, 6.45) is 5.01. The van der Waals surface area contributed by atoms with Gasteiger partial charge in [-0.1, -0.05) is 18.9 Å². The van der Waals surface area contributed by atoms with Gasteiger partial charge < -0.3 is 15.5 Å². The fraction of sp³-hybridized carbons (Fsp3) is 0.667. The summed E-state index contributed by atoms with van der Waals surface area (Å²) in [5.41, 5.74) is 0. The quantitative estimate of drug-likeness (QED) is 0.809. The van der Waals surface area contributed by atoms with Crippen molar-refractivity contribution in [3.63, 3.8) is 0 Å². The van der Waals surface area contributed by atoms with Crippen molar-refractivity contribution in [2.75, 3.05) is 27.2 Å². The van der Waals surface area contributed by atoms with E-state index in [2.05, 4.69) is 33.0 Å². The Labute approximate surface area is 125 Å². The van der Waals surface area contributed by atoms with E-state index < -0.39 is 0 Å². The summed E-state index contributed by atoms with van der Waals surface area (Å²) < 4.78 is 0. The van der Waals surface area contributed by atoms with Gasteiger partial charge in [0, 0.05) is 17.5 Å². The van der Waals surface area contributed by atoms with Crippen LogP contribution in [0.4, 0.5) is 0 Å². The van der Waals surface area contributed by atoms with Crippen molar-refractivity contribution in [3.05, 3.63) is 22.4 Å². The summed E-state index contributed by atoms with van der Waals surface area (Å²) in [5, 5.41) is 8.46. The number of thiophene rings is 1. The molecular weight excluding hydrogens is 270 g/mol. The van der Waals surface area contributed by atoms with Crippen molar-refractivity contribution < 1.29 is 4.79 Å². The molecule has 1 amide bonds. The maximum atomic E-state index is 11.9. The second-order valence-electron chi connectivity index (χ2n) is 5.66. The predicted molar refractivity (Wildman–Crippen MR) is 84.0 cm³/mol. The van der Waals surface area contributed by atoms with Gasteiger partial charge in [-0.25, -0.2) is 0 Å². The van der Waals surface area contributed by atoms with E-state index in [-0.39, 0.29) is 11.9 Å². The van der Waals surface area contributed by atoms with E-state index >= 15 is 0 Å². The van der Waals surface area contributed by atoms with Crippen LogP contribution in [-0.4, -0.2) is 44.0 Å². The molecule has 2 rings (SSSR count). The van der Waals surface area contributed by atoms with Crippen LogP contribution in [-0.2, 0) is 4.79 Å². The number of hydrogen-bond acceptors (Lipinski definition) is 4. The molecule has 1 fully saturated rings. The van der Waals surface area contributed by atoms with E-state index in [1.807, 2.05) is 14.1 Å². The summed E-state index contributed by atoms with van der Waals surface area (Å²) in [6.45, 7) is 1.11. The molecule has 1 aromatic rings. The molecule has 1 aliphatic rings. The zero-order valence-electron chi connectivity index (χ0n) is 12.4. The lowest BCUT2D eigenvalue weighted by molar-refractivity contribution is -0.120. The lowest BCUT2D eigenvalue weighted by Gasteiger charge is -2.23. The number of likely N-dealkylation sites (N-methyl/N-ethyl adjacent to an activating group) is 1. The zero-order valence-corrected chi connectivity index (χ0v) is 13.2. The Kier molecular flexibility index (Phi) is 6.01. The number of rotatable bonds is 7. The first-order chi connectivity index (χ1) is 9.66. The molecule has 0 spiro atoms. The van der Waals surface area contributed by atoms with Gasteiger partial charge in [0.1, 0.15) is 0 Å². The maximum Gasteiger partial charge on any atom is 0.234 e. The van der Waals surface area contributed by atoms with Gasteiger partial charge in [-0.15, -0.1) is 11.3 Å². The van der Waals surface area contributed by atoms with Crippen LogP contribution in [0.2, 0.25) is 0 Å². The molecule has 1 aliphatic carbocycles. The van der Waals surface area contributed by atoms with Gasteiger partial charge >= 0.3 is 0 Å². The molecule has 0 aliphatic heterocycles. The second-order valence-corrected chi connectivity index (χ2v) is 6.64. The molecule has 0 aromatic carbocycles. The van der Waals surface area contributed by atoms with Crippen LogP contribution in [0.15, 0.2) is 17.5 Å². The minimum atomic E-state index is 0.0975. The number of carbonyl (C=O) groups is 1. The Morgan fingerprint density at radius 2 is 2.20 bits per heavy atom. The van der Waals surface area contributed by atoms with Crippen molar-refractivity contribution in [2.24, 2.45) is 0 Å². The standard InChI is InChI=1S/C15H25N3OS/c1-18(2)13(14-8-5-9-20-14)10-17-15(19)11-16-12-6-3-4-7-12/h5,8-9,12-13,16H,3-4,6-7,10-11H2,1-2H3,(H,17,19). The first-order valence-electron chi connectivity index (χ1n) is 7.36. The molecular formula is C15H25N3OS. The molecule has 5 heteroatoms. The summed E-state index contributed by atoms with van der Waals surface area (Å²) in [5.74, 6) is 0.0975. The molecule has 1 unspecified atom stereocenters. The largest absolute Gasteiger partial charge is 0.353 e. The Hall–Kier alpha value is -0.910. The van der Waals surface area contributed by atoms with E-state index in [0.29, 0.717) is 19.1 Å². The van der Waals surface area contributed by atoms with Crippen LogP contribution >= 0.6 is 11.3 Å². The summed E-state index contributed by atoms with van der Waals surface area (Å²) in [4.78, 5) is 15.3. The maximum absolute atomic E-state index is 11.9. The number of amides is 1. The third-order valence-electron chi connectivity index (χ3n) is 3.89. The summed E-state index contributed by atoms with van der Waals surface area (Å²) >= 11 is 1.74. The lowest BCUT2D eigenvalue weighted by atomic mass is 10.2. The number of nitrogens with zero attached hydrogens (tertiary/aromatic N) is 1. The van der Waals surface area contributed by atoms with Crippen LogP contribution in [0.25, 0.3) is 0 Å². The van der Waals surface area contributed by atoms with Gasteiger partial charge in [0.25, 0.3) is 0 Å². The van der Waals surface area contributed by atoms with Crippen molar-refractivity contribution in [1.82, 2.24) is 15.5 Å². The van der Waals surface area contributed by atoms with E-state index in [4.69, 9.17) is 0 Å². The van der Waals surface area contributed by atoms with Crippen LogP contribution < -0.4 is 10.6 Å². The van der Waals surface area contributed by atoms with E-state index in [0.717, 1.165) is 0 Å². The number of hydrogen-bond donors (Lipinski definition) is 2. The van der Waals surface area contributed by atoms with Gasteiger partial charge in [0.15, 0.2) is 0 Å². The molecule has 20 heavy (non-hydrogen) atoms. The van der Waals surface area contributed by atoms with Crippen LogP contribution in [0.3, 0.4) is 0 Å².